The van der Waals surface area contributed by atoms with Crippen LogP contribution >= 0.6 is 0 Å². The van der Waals surface area contributed by atoms with E-state index in [9.17, 15) is 9.59 Å². The van der Waals surface area contributed by atoms with Crippen LogP contribution in [0.3, 0.4) is 0 Å². The molecule has 0 aromatic carbocycles. The number of nitrogens with zero attached hydrogens (tertiary/aromatic N) is 2. The van der Waals surface area contributed by atoms with E-state index in [0.717, 1.165) is 32.2 Å². The fourth-order valence-corrected chi connectivity index (χ4v) is 2.94. The Labute approximate surface area is 142 Å². The highest BCUT2D eigenvalue weighted by Gasteiger charge is 2.43. The standard InChI is InChI=1S/C19H36N2O2/c1-18(2,3)19(4,5)14-15-13-16(22)21(17(15)23)12-10-8-9-11-20(6)7/h15H,8-14H2,1-7H3. The summed E-state index contributed by atoms with van der Waals surface area (Å²) in [5.74, 6) is -0.0456. The van der Waals surface area contributed by atoms with Crippen molar-refractivity contribution in [1.82, 2.24) is 9.80 Å². The van der Waals surface area contributed by atoms with E-state index in [1.165, 1.54) is 4.90 Å². The third kappa shape index (κ3) is 5.59. The summed E-state index contributed by atoms with van der Waals surface area (Å²) in [4.78, 5) is 28.5. The molecule has 1 unspecified atom stereocenters. The van der Waals surface area contributed by atoms with Crippen molar-refractivity contribution in [2.24, 2.45) is 16.7 Å². The average Bonchev–Trinajstić information content (AvgIpc) is 2.63. The maximum Gasteiger partial charge on any atom is 0.232 e. The summed E-state index contributed by atoms with van der Waals surface area (Å²) in [6, 6.07) is 0. The Morgan fingerprint density at radius 2 is 1.65 bits per heavy atom. The van der Waals surface area contributed by atoms with Crippen LogP contribution in [0.2, 0.25) is 0 Å². The van der Waals surface area contributed by atoms with Crippen LogP contribution in [0.4, 0.5) is 0 Å². The first kappa shape index (κ1) is 20.1. The molecule has 0 aromatic rings. The van der Waals surface area contributed by atoms with E-state index in [1.807, 2.05) is 0 Å². The van der Waals surface area contributed by atoms with Crippen LogP contribution in [-0.4, -0.2) is 48.8 Å². The van der Waals surface area contributed by atoms with Gasteiger partial charge < -0.3 is 4.90 Å². The molecular formula is C19H36N2O2. The maximum absolute atomic E-state index is 12.6. The molecule has 23 heavy (non-hydrogen) atoms. The Hall–Kier alpha value is -0.900. The molecule has 0 radical (unpaired) electrons. The van der Waals surface area contributed by atoms with E-state index in [-0.39, 0.29) is 28.6 Å². The van der Waals surface area contributed by atoms with Gasteiger partial charge in [0.1, 0.15) is 0 Å². The lowest BCUT2D eigenvalue weighted by molar-refractivity contribution is -0.139. The molecule has 1 atom stereocenters. The van der Waals surface area contributed by atoms with Crippen LogP contribution in [0, 0.1) is 16.7 Å². The van der Waals surface area contributed by atoms with Gasteiger partial charge in [0, 0.05) is 18.9 Å². The highest BCUT2D eigenvalue weighted by Crippen LogP contribution is 2.44. The summed E-state index contributed by atoms with van der Waals surface area (Å²) in [7, 11) is 4.13. The minimum Gasteiger partial charge on any atom is -0.309 e. The Morgan fingerprint density at radius 1 is 1.04 bits per heavy atom. The number of carbonyl (C=O) groups excluding carboxylic acids is 2. The number of likely N-dealkylation sites (tertiary alicyclic amines) is 1. The number of amides is 2. The lowest BCUT2D eigenvalue weighted by atomic mass is 9.65. The minimum atomic E-state index is -0.126. The molecule has 134 valence electrons. The highest BCUT2D eigenvalue weighted by molar-refractivity contribution is 6.03. The molecule has 1 heterocycles. The number of hydrogen-bond acceptors (Lipinski definition) is 3. The van der Waals surface area contributed by atoms with Crippen molar-refractivity contribution in [3.8, 4) is 0 Å². The molecule has 0 N–H and O–H groups in total. The second kappa shape index (κ2) is 7.78. The van der Waals surface area contributed by atoms with Crippen molar-refractivity contribution >= 4 is 11.8 Å². The van der Waals surface area contributed by atoms with Crippen molar-refractivity contribution in [2.45, 2.75) is 66.7 Å². The monoisotopic (exact) mass is 324 g/mol. The second-order valence-corrected chi connectivity index (χ2v) is 8.99. The molecule has 2 amide bonds. The van der Waals surface area contributed by atoms with E-state index in [2.05, 4.69) is 53.6 Å². The lowest BCUT2D eigenvalue weighted by Crippen LogP contribution is -2.35. The number of imide groups is 1. The minimum absolute atomic E-state index is 0.0253. The van der Waals surface area contributed by atoms with Crippen molar-refractivity contribution in [1.29, 1.82) is 0 Å². The van der Waals surface area contributed by atoms with Crippen LogP contribution < -0.4 is 0 Å². The van der Waals surface area contributed by atoms with Crippen LogP contribution in [0.25, 0.3) is 0 Å². The van der Waals surface area contributed by atoms with Crippen LogP contribution in [0.1, 0.15) is 66.7 Å². The molecule has 0 spiro atoms. The van der Waals surface area contributed by atoms with E-state index >= 15 is 0 Å². The SMILES string of the molecule is CN(C)CCCCCN1C(=O)CC(CC(C)(C)C(C)(C)C)C1=O. The molecule has 1 saturated heterocycles. The first-order valence-corrected chi connectivity index (χ1v) is 8.94. The summed E-state index contributed by atoms with van der Waals surface area (Å²) in [5.41, 5.74) is 0.158. The third-order valence-electron chi connectivity index (χ3n) is 5.61. The van der Waals surface area contributed by atoms with Crippen LogP contribution in [0.5, 0.6) is 0 Å². The molecular weight excluding hydrogens is 288 g/mol. The molecule has 0 aliphatic carbocycles. The first-order valence-electron chi connectivity index (χ1n) is 8.94. The molecule has 0 saturated carbocycles. The van der Waals surface area contributed by atoms with Crippen molar-refractivity contribution in [3.05, 3.63) is 0 Å². The molecule has 1 aliphatic rings. The topological polar surface area (TPSA) is 40.6 Å². The zero-order valence-electron chi connectivity index (χ0n) is 16.2. The van der Waals surface area contributed by atoms with Gasteiger partial charge in [-0.15, -0.1) is 0 Å². The number of unbranched alkanes of at least 4 members (excludes halogenated alkanes) is 2. The normalized spacial score (nSPS) is 20.0. The fourth-order valence-electron chi connectivity index (χ4n) is 2.94. The average molecular weight is 325 g/mol. The molecule has 4 heteroatoms. The van der Waals surface area contributed by atoms with Gasteiger partial charge in [-0.05, 0) is 50.7 Å². The van der Waals surface area contributed by atoms with Crippen molar-refractivity contribution in [2.75, 3.05) is 27.2 Å². The molecule has 0 bridgehead atoms. The van der Waals surface area contributed by atoms with Gasteiger partial charge in [-0.2, -0.15) is 0 Å². The number of carbonyl (C=O) groups is 2. The van der Waals surface area contributed by atoms with Gasteiger partial charge in [0.05, 0.1) is 0 Å². The second-order valence-electron chi connectivity index (χ2n) is 8.99. The van der Waals surface area contributed by atoms with Gasteiger partial charge in [0.15, 0.2) is 0 Å². The Morgan fingerprint density at radius 3 is 2.17 bits per heavy atom. The van der Waals surface area contributed by atoms with Gasteiger partial charge in [0.2, 0.25) is 11.8 Å². The van der Waals surface area contributed by atoms with Gasteiger partial charge in [-0.25, -0.2) is 0 Å². The summed E-state index contributed by atoms with van der Waals surface area (Å²) >= 11 is 0. The summed E-state index contributed by atoms with van der Waals surface area (Å²) in [6.45, 7) is 12.7. The van der Waals surface area contributed by atoms with E-state index in [4.69, 9.17) is 0 Å². The summed E-state index contributed by atoms with van der Waals surface area (Å²) in [6.07, 6.45) is 4.28. The fraction of sp³-hybridized carbons (Fsp3) is 0.895. The van der Waals surface area contributed by atoms with Gasteiger partial charge in [-0.1, -0.05) is 41.0 Å². The van der Waals surface area contributed by atoms with E-state index in [1.54, 1.807) is 0 Å². The zero-order chi connectivity index (χ0) is 17.8. The third-order valence-corrected chi connectivity index (χ3v) is 5.61. The molecule has 1 rings (SSSR count). The van der Waals surface area contributed by atoms with E-state index < -0.39 is 0 Å². The maximum atomic E-state index is 12.6. The number of rotatable bonds is 8. The van der Waals surface area contributed by atoms with Gasteiger partial charge in [-0.3, -0.25) is 14.5 Å². The predicted octanol–water partition coefficient (Wildman–Crippen LogP) is 3.56. The van der Waals surface area contributed by atoms with Crippen LogP contribution in [0.15, 0.2) is 0 Å². The molecule has 4 nitrogen and oxygen atoms in total. The summed E-state index contributed by atoms with van der Waals surface area (Å²) < 4.78 is 0. The largest absolute Gasteiger partial charge is 0.309 e. The molecule has 1 aliphatic heterocycles. The molecule has 1 fully saturated rings. The van der Waals surface area contributed by atoms with Crippen molar-refractivity contribution in [3.63, 3.8) is 0 Å². The van der Waals surface area contributed by atoms with E-state index in [0.29, 0.717) is 13.0 Å². The Balaban J connectivity index is 2.50. The molecule has 0 aromatic heterocycles. The summed E-state index contributed by atoms with van der Waals surface area (Å²) in [5, 5.41) is 0. The Kier molecular flexibility index (Phi) is 6.81. The zero-order valence-corrected chi connectivity index (χ0v) is 16.2. The van der Waals surface area contributed by atoms with Gasteiger partial charge in [0.25, 0.3) is 0 Å². The quantitative estimate of drug-likeness (QED) is 0.506. The van der Waals surface area contributed by atoms with Gasteiger partial charge >= 0.3 is 0 Å². The highest BCUT2D eigenvalue weighted by atomic mass is 16.2. The van der Waals surface area contributed by atoms with Crippen molar-refractivity contribution < 1.29 is 9.59 Å². The Bertz CT molecular complexity index is 422. The van der Waals surface area contributed by atoms with Crippen LogP contribution in [-0.2, 0) is 9.59 Å². The predicted molar refractivity (Wildman–Crippen MR) is 95.1 cm³/mol. The number of hydrogen-bond donors (Lipinski definition) is 0. The first-order chi connectivity index (χ1) is 10.5. The lowest BCUT2D eigenvalue weighted by Gasteiger charge is -2.40. The smallest absolute Gasteiger partial charge is 0.232 e.